The Morgan fingerprint density at radius 1 is 1.07 bits per heavy atom. The maximum Gasteiger partial charge on any atom is 0.265 e. The highest BCUT2D eigenvalue weighted by Gasteiger charge is 2.24. The molecule has 6 nitrogen and oxygen atoms in total. The normalized spacial score (nSPS) is 19.8. The minimum atomic E-state index is 0.459. The van der Waals surface area contributed by atoms with Crippen molar-refractivity contribution in [1.29, 1.82) is 0 Å². The molecule has 0 radical (unpaired) electrons. The molecule has 0 N–H and O–H groups in total. The highest BCUT2D eigenvalue weighted by molar-refractivity contribution is 5.88. The molecule has 2 fully saturated rings. The standard InChI is InChI=1S/C23H34N2O4/c1-17(2)15-27-20-4-3-5-21-22(20)23(24-29-21)28-16-19-6-10-25(11-7-19)14-18-8-12-26-13-9-18/h3-5,17-19H,6-16H2,1-2H3. The van der Waals surface area contributed by atoms with E-state index in [-0.39, 0.29) is 0 Å². The van der Waals surface area contributed by atoms with Gasteiger partial charge in [-0.05, 0) is 73.8 Å². The van der Waals surface area contributed by atoms with Gasteiger partial charge in [0.15, 0.2) is 5.58 Å². The van der Waals surface area contributed by atoms with Gasteiger partial charge in [-0.3, -0.25) is 0 Å². The van der Waals surface area contributed by atoms with Crippen LogP contribution in [0.4, 0.5) is 0 Å². The van der Waals surface area contributed by atoms with Crippen LogP contribution < -0.4 is 9.47 Å². The van der Waals surface area contributed by atoms with Gasteiger partial charge in [-0.2, -0.15) is 0 Å². The average Bonchev–Trinajstić information content (AvgIpc) is 3.16. The van der Waals surface area contributed by atoms with Crippen molar-refractivity contribution in [2.24, 2.45) is 17.8 Å². The first kappa shape index (κ1) is 20.5. The topological polar surface area (TPSA) is 57.0 Å². The number of piperidine rings is 1. The molecule has 6 heteroatoms. The molecule has 0 bridgehead atoms. The molecule has 2 aromatic rings. The molecule has 2 saturated heterocycles. The molecule has 0 spiro atoms. The minimum Gasteiger partial charge on any atom is -0.492 e. The van der Waals surface area contributed by atoms with Crippen molar-refractivity contribution in [3.63, 3.8) is 0 Å². The van der Waals surface area contributed by atoms with Crippen molar-refractivity contribution in [2.75, 3.05) is 46.1 Å². The summed E-state index contributed by atoms with van der Waals surface area (Å²) in [5.41, 5.74) is 0.715. The van der Waals surface area contributed by atoms with Crippen molar-refractivity contribution >= 4 is 11.0 Å². The van der Waals surface area contributed by atoms with Gasteiger partial charge in [0, 0.05) is 19.8 Å². The largest absolute Gasteiger partial charge is 0.492 e. The van der Waals surface area contributed by atoms with Gasteiger partial charge in [0.1, 0.15) is 11.1 Å². The number of hydrogen-bond donors (Lipinski definition) is 0. The molecule has 4 rings (SSSR count). The van der Waals surface area contributed by atoms with E-state index >= 15 is 0 Å². The van der Waals surface area contributed by atoms with Crippen molar-refractivity contribution in [2.45, 2.75) is 39.5 Å². The quantitative estimate of drug-likeness (QED) is 0.653. The Balaban J connectivity index is 1.29. The van der Waals surface area contributed by atoms with Gasteiger partial charge in [-0.1, -0.05) is 19.9 Å². The number of fused-ring (bicyclic) bond motifs is 1. The smallest absolute Gasteiger partial charge is 0.265 e. The lowest BCUT2D eigenvalue weighted by Gasteiger charge is -2.35. The van der Waals surface area contributed by atoms with Crippen molar-refractivity contribution in [3.05, 3.63) is 18.2 Å². The zero-order valence-electron chi connectivity index (χ0n) is 17.8. The summed E-state index contributed by atoms with van der Waals surface area (Å²) in [6, 6.07) is 5.80. The lowest BCUT2D eigenvalue weighted by atomic mass is 9.94. The Hall–Kier alpha value is -1.79. The maximum absolute atomic E-state index is 6.11. The molecule has 1 aromatic carbocycles. The van der Waals surface area contributed by atoms with E-state index in [1.807, 2.05) is 18.2 Å². The van der Waals surface area contributed by atoms with Gasteiger partial charge in [-0.15, -0.1) is 0 Å². The second-order valence-electron chi connectivity index (χ2n) is 8.93. The van der Waals surface area contributed by atoms with Crippen LogP contribution in [0, 0.1) is 17.8 Å². The average molecular weight is 403 g/mol. The fourth-order valence-electron chi connectivity index (χ4n) is 4.24. The van der Waals surface area contributed by atoms with Crippen LogP contribution in [0.3, 0.4) is 0 Å². The molecule has 3 heterocycles. The summed E-state index contributed by atoms with van der Waals surface area (Å²) in [6.07, 6.45) is 4.78. The summed E-state index contributed by atoms with van der Waals surface area (Å²) in [6.45, 7) is 11.0. The molecule has 0 unspecified atom stereocenters. The summed E-state index contributed by atoms with van der Waals surface area (Å²) in [5, 5.41) is 5.01. The molecule has 160 valence electrons. The van der Waals surface area contributed by atoms with Gasteiger partial charge < -0.3 is 23.6 Å². The third-order valence-corrected chi connectivity index (χ3v) is 6.02. The highest BCUT2D eigenvalue weighted by atomic mass is 16.5. The van der Waals surface area contributed by atoms with Crippen molar-refractivity contribution in [3.8, 4) is 11.6 Å². The second kappa shape index (κ2) is 9.81. The van der Waals surface area contributed by atoms with Crippen LogP contribution in [0.2, 0.25) is 0 Å². The predicted octanol–water partition coefficient (Wildman–Crippen LogP) is 4.38. The van der Waals surface area contributed by atoms with Gasteiger partial charge in [0.25, 0.3) is 5.88 Å². The van der Waals surface area contributed by atoms with Crippen LogP contribution in [-0.2, 0) is 4.74 Å². The number of hydrogen-bond acceptors (Lipinski definition) is 6. The van der Waals surface area contributed by atoms with E-state index in [1.54, 1.807) is 0 Å². The van der Waals surface area contributed by atoms with Gasteiger partial charge in [-0.25, -0.2) is 0 Å². The lowest BCUT2D eigenvalue weighted by Crippen LogP contribution is -2.39. The monoisotopic (exact) mass is 402 g/mol. The SMILES string of the molecule is CC(C)COc1cccc2onc(OCC3CCN(CC4CCOCC4)CC3)c12. The number of likely N-dealkylation sites (tertiary alicyclic amines) is 1. The molecule has 0 saturated carbocycles. The minimum absolute atomic E-state index is 0.459. The Labute approximate surface area is 173 Å². The molecular formula is C23H34N2O4. The fraction of sp³-hybridized carbons (Fsp3) is 0.696. The fourth-order valence-corrected chi connectivity index (χ4v) is 4.24. The number of aromatic nitrogens is 1. The molecule has 1 aromatic heterocycles. The molecule has 0 amide bonds. The van der Waals surface area contributed by atoms with Gasteiger partial charge in [0.2, 0.25) is 0 Å². The molecule has 0 atom stereocenters. The first-order chi connectivity index (χ1) is 14.2. The van der Waals surface area contributed by atoms with E-state index < -0.39 is 0 Å². The van der Waals surface area contributed by atoms with Crippen LogP contribution in [0.5, 0.6) is 11.6 Å². The van der Waals surface area contributed by atoms with E-state index in [1.165, 1.54) is 32.2 Å². The maximum atomic E-state index is 6.11. The van der Waals surface area contributed by atoms with E-state index in [9.17, 15) is 0 Å². The summed E-state index contributed by atoms with van der Waals surface area (Å²) < 4.78 is 23.0. The van der Waals surface area contributed by atoms with Gasteiger partial charge in [0.05, 0.1) is 13.2 Å². The van der Waals surface area contributed by atoms with Crippen LogP contribution in [-0.4, -0.2) is 56.1 Å². The number of ether oxygens (including phenoxy) is 3. The molecule has 0 aliphatic carbocycles. The second-order valence-corrected chi connectivity index (χ2v) is 8.93. The van der Waals surface area contributed by atoms with Crippen LogP contribution in [0.15, 0.2) is 22.7 Å². The summed E-state index contributed by atoms with van der Waals surface area (Å²) in [4.78, 5) is 2.62. The number of benzene rings is 1. The Morgan fingerprint density at radius 2 is 1.86 bits per heavy atom. The highest BCUT2D eigenvalue weighted by Crippen LogP contribution is 2.34. The summed E-state index contributed by atoms with van der Waals surface area (Å²) in [7, 11) is 0. The van der Waals surface area contributed by atoms with Gasteiger partial charge >= 0.3 is 0 Å². The molecule has 2 aliphatic rings. The molecular weight excluding hydrogens is 368 g/mol. The van der Waals surface area contributed by atoms with E-state index in [4.69, 9.17) is 18.7 Å². The molecule has 29 heavy (non-hydrogen) atoms. The zero-order chi connectivity index (χ0) is 20.1. The van der Waals surface area contributed by atoms with Crippen LogP contribution in [0.25, 0.3) is 11.0 Å². The summed E-state index contributed by atoms with van der Waals surface area (Å²) in [5.74, 6) is 3.18. The van der Waals surface area contributed by atoms with Crippen LogP contribution in [0.1, 0.15) is 39.5 Å². The van der Waals surface area contributed by atoms with E-state index in [0.717, 1.165) is 43.4 Å². The Kier molecular flexibility index (Phi) is 6.93. The Bertz CT molecular complexity index is 761. The van der Waals surface area contributed by atoms with Crippen molar-refractivity contribution in [1.82, 2.24) is 10.1 Å². The Morgan fingerprint density at radius 3 is 2.62 bits per heavy atom. The summed E-state index contributed by atoms with van der Waals surface area (Å²) >= 11 is 0. The first-order valence-electron chi connectivity index (χ1n) is 11.1. The zero-order valence-corrected chi connectivity index (χ0v) is 17.8. The van der Waals surface area contributed by atoms with E-state index in [0.29, 0.717) is 36.5 Å². The number of rotatable bonds is 8. The van der Waals surface area contributed by atoms with Crippen LogP contribution >= 0.6 is 0 Å². The van der Waals surface area contributed by atoms with Crippen molar-refractivity contribution < 1.29 is 18.7 Å². The lowest BCUT2D eigenvalue weighted by molar-refractivity contribution is 0.0444. The third-order valence-electron chi connectivity index (χ3n) is 6.02. The number of nitrogens with zero attached hydrogens (tertiary/aromatic N) is 2. The third kappa shape index (κ3) is 5.43. The molecule has 2 aliphatic heterocycles. The first-order valence-corrected chi connectivity index (χ1v) is 11.1. The predicted molar refractivity (Wildman–Crippen MR) is 113 cm³/mol. The van der Waals surface area contributed by atoms with E-state index in [2.05, 4.69) is 23.9 Å².